The number of nitrogens with one attached hydrogen (secondary N) is 1. The lowest BCUT2D eigenvalue weighted by atomic mass is 10.1. The summed E-state index contributed by atoms with van der Waals surface area (Å²) in [5.74, 6) is -0.686. The summed E-state index contributed by atoms with van der Waals surface area (Å²) in [6.07, 6.45) is 1.27. The minimum absolute atomic E-state index is 0.0241. The Balaban J connectivity index is 2.19. The van der Waals surface area contributed by atoms with Crippen LogP contribution in [0.3, 0.4) is 0 Å². The van der Waals surface area contributed by atoms with Gasteiger partial charge in [0.2, 0.25) is 21.8 Å². The molecule has 0 aliphatic rings. The van der Waals surface area contributed by atoms with Crippen LogP contribution < -0.4 is 14.4 Å². The molecule has 2 aromatic carbocycles. The minimum atomic E-state index is -3.62. The van der Waals surface area contributed by atoms with E-state index in [1.54, 1.807) is 49.4 Å². The molecule has 2 aromatic rings. The number of hydrogen-bond donors (Lipinski definition) is 1. The highest BCUT2D eigenvalue weighted by Crippen LogP contribution is 2.24. The normalized spacial score (nSPS) is 12.2. The Bertz CT molecular complexity index is 1120. The topological polar surface area (TPSA) is 96.0 Å². The molecule has 10 heteroatoms. The van der Waals surface area contributed by atoms with Crippen LogP contribution in [0.1, 0.15) is 39.2 Å². The summed E-state index contributed by atoms with van der Waals surface area (Å²) in [5, 5.41) is 2.78. The number of rotatable bonds is 12. The third-order valence-electron chi connectivity index (χ3n) is 5.39. The molecule has 0 bridgehead atoms. The van der Waals surface area contributed by atoms with E-state index in [9.17, 15) is 22.4 Å². The zero-order valence-corrected chi connectivity index (χ0v) is 21.6. The van der Waals surface area contributed by atoms with Crippen molar-refractivity contribution in [3.8, 4) is 5.75 Å². The Labute approximate surface area is 207 Å². The summed E-state index contributed by atoms with van der Waals surface area (Å²) in [6, 6.07) is 11.8. The first-order chi connectivity index (χ1) is 16.4. The van der Waals surface area contributed by atoms with Gasteiger partial charge >= 0.3 is 0 Å². The van der Waals surface area contributed by atoms with Gasteiger partial charge in [0.1, 0.15) is 17.6 Å². The summed E-state index contributed by atoms with van der Waals surface area (Å²) >= 11 is 0. The van der Waals surface area contributed by atoms with Gasteiger partial charge in [-0.05, 0) is 45.4 Å². The van der Waals surface area contributed by atoms with Gasteiger partial charge in [0.05, 0.1) is 19.1 Å². The number of carbonyl (C=O) groups excluding carboxylic acids is 2. The van der Waals surface area contributed by atoms with E-state index in [4.69, 9.17) is 4.74 Å². The first-order valence-electron chi connectivity index (χ1n) is 11.4. The van der Waals surface area contributed by atoms with E-state index in [1.807, 2.05) is 13.8 Å². The highest BCUT2D eigenvalue weighted by atomic mass is 32.2. The van der Waals surface area contributed by atoms with Crippen molar-refractivity contribution < 1.29 is 27.1 Å². The maximum atomic E-state index is 14.3. The third kappa shape index (κ3) is 8.24. The van der Waals surface area contributed by atoms with Gasteiger partial charge in [-0.3, -0.25) is 13.9 Å². The second kappa shape index (κ2) is 12.5. The molecule has 0 aliphatic carbocycles. The SMILES string of the molecule is COc1cccc(N(CCCC(=O)N(Cc2ccccc2F)[C@@H](C)C(=O)NC(C)C)S(C)(=O)=O)c1. The third-order valence-corrected chi connectivity index (χ3v) is 6.58. The van der Waals surface area contributed by atoms with Crippen LogP contribution in [0.5, 0.6) is 5.75 Å². The largest absolute Gasteiger partial charge is 0.497 e. The van der Waals surface area contributed by atoms with E-state index in [0.717, 1.165) is 6.26 Å². The number of amides is 2. The van der Waals surface area contributed by atoms with E-state index >= 15 is 0 Å². The highest BCUT2D eigenvalue weighted by molar-refractivity contribution is 7.92. The lowest BCUT2D eigenvalue weighted by Crippen LogP contribution is -2.49. The lowest BCUT2D eigenvalue weighted by Gasteiger charge is -2.30. The molecule has 2 amide bonds. The van der Waals surface area contributed by atoms with Crippen molar-refractivity contribution in [2.75, 3.05) is 24.2 Å². The Kier molecular flexibility index (Phi) is 10.1. The Hall–Kier alpha value is -3.14. The van der Waals surface area contributed by atoms with Crippen molar-refractivity contribution >= 4 is 27.5 Å². The predicted molar refractivity (Wildman–Crippen MR) is 134 cm³/mol. The standard InChI is InChI=1S/C25H34FN3O5S/c1-18(2)27-25(31)19(3)28(17-20-10-6-7-13-23(20)26)24(30)14-9-15-29(35(5,32)33)21-11-8-12-22(16-21)34-4/h6-8,10-13,16,18-19H,9,14-15,17H2,1-5H3,(H,27,31)/t19-/m0/s1. The van der Waals surface area contributed by atoms with E-state index in [2.05, 4.69) is 5.32 Å². The van der Waals surface area contributed by atoms with Gasteiger partial charge in [0.25, 0.3) is 0 Å². The van der Waals surface area contributed by atoms with Crippen molar-refractivity contribution in [3.63, 3.8) is 0 Å². The molecule has 1 atom stereocenters. The average Bonchev–Trinajstić information content (AvgIpc) is 2.79. The number of ether oxygens (including phenoxy) is 1. The second-order valence-corrected chi connectivity index (χ2v) is 10.5. The lowest BCUT2D eigenvalue weighted by molar-refractivity contribution is -0.140. The molecule has 0 saturated carbocycles. The van der Waals surface area contributed by atoms with Crippen LogP contribution in [0, 0.1) is 5.82 Å². The molecule has 0 unspecified atom stereocenters. The van der Waals surface area contributed by atoms with Gasteiger partial charge in [-0.2, -0.15) is 0 Å². The van der Waals surface area contributed by atoms with Gasteiger partial charge in [0.15, 0.2) is 0 Å². The number of halogens is 1. The van der Waals surface area contributed by atoms with Gasteiger partial charge in [-0.1, -0.05) is 24.3 Å². The number of sulfonamides is 1. The van der Waals surface area contributed by atoms with Crippen molar-refractivity contribution in [1.82, 2.24) is 10.2 Å². The first kappa shape index (κ1) is 28.1. The molecule has 0 saturated heterocycles. The number of carbonyl (C=O) groups is 2. The van der Waals surface area contributed by atoms with Crippen molar-refractivity contribution in [2.45, 2.75) is 52.2 Å². The molecule has 0 aliphatic heterocycles. The van der Waals surface area contributed by atoms with Crippen molar-refractivity contribution in [2.24, 2.45) is 0 Å². The maximum Gasteiger partial charge on any atom is 0.242 e. The summed E-state index contributed by atoms with van der Waals surface area (Å²) in [7, 11) is -2.13. The molecule has 0 aromatic heterocycles. The van der Waals surface area contributed by atoms with E-state index in [0.29, 0.717) is 17.0 Å². The van der Waals surface area contributed by atoms with Gasteiger partial charge in [-0.15, -0.1) is 0 Å². The van der Waals surface area contributed by atoms with E-state index in [-0.39, 0.29) is 43.8 Å². The Morgan fingerprint density at radius 1 is 1.09 bits per heavy atom. The molecule has 192 valence electrons. The average molecular weight is 508 g/mol. The van der Waals surface area contributed by atoms with E-state index in [1.165, 1.54) is 22.4 Å². The van der Waals surface area contributed by atoms with Crippen LogP contribution in [0.25, 0.3) is 0 Å². The molecule has 0 radical (unpaired) electrons. The number of methoxy groups -OCH3 is 1. The van der Waals surface area contributed by atoms with E-state index < -0.39 is 21.9 Å². The number of anilines is 1. The molecule has 0 spiro atoms. The van der Waals surface area contributed by atoms with Crippen molar-refractivity contribution in [1.29, 1.82) is 0 Å². The highest BCUT2D eigenvalue weighted by Gasteiger charge is 2.27. The number of nitrogens with zero attached hydrogens (tertiary/aromatic N) is 2. The van der Waals surface area contributed by atoms with Gasteiger partial charge < -0.3 is 15.0 Å². The molecule has 0 fully saturated rings. The summed E-state index contributed by atoms with van der Waals surface area (Å²) < 4.78 is 45.5. The molecular weight excluding hydrogens is 473 g/mol. The van der Waals surface area contributed by atoms with Crippen LogP contribution in [0.2, 0.25) is 0 Å². The predicted octanol–water partition coefficient (Wildman–Crippen LogP) is 3.32. The fourth-order valence-electron chi connectivity index (χ4n) is 3.57. The summed E-state index contributed by atoms with van der Waals surface area (Å²) in [6.45, 7) is 5.19. The van der Waals surface area contributed by atoms with Crippen LogP contribution in [-0.4, -0.2) is 57.1 Å². The zero-order valence-electron chi connectivity index (χ0n) is 20.8. The first-order valence-corrected chi connectivity index (χ1v) is 13.2. The molecular formula is C25H34FN3O5S. The Morgan fingerprint density at radius 2 is 1.77 bits per heavy atom. The van der Waals surface area contributed by atoms with Crippen LogP contribution in [0.15, 0.2) is 48.5 Å². The monoisotopic (exact) mass is 507 g/mol. The van der Waals surface area contributed by atoms with Crippen LogP contribution in [-0.2, 0) is 26.2 Å². The Morgan fingerprint density at radius 3 is 2.37 bits per heavy atom. The van der Waals surface area contributed by atoms with Crippen LogP contribution >= 0.6 is 0 Å². The second-order valence-electron chi connectivity index (χ2n) is 8.59. The number of benzene rings is 2. The van der Waals surface area contributed by atoms with Crippen LogP contribution in [0.4, 0.5) is 10.1 Å². The molecule has 2 rings (SSSR count). The summed E-state index contributed by atoms with van der Waals surface area (Å²) in [4.78, 5) is 27.2. The minimum Gasteiger partial charge on any atom is -0.497 e. The van der Waals surface area contributed by atoms with Crippen molar-refractivity contribution in [3.05, 3.63) is 59.9 Å². The number of hydrogen-bond acceptors (Lipinski definition) is 5. The molecule has 8 nitrogen and oxygen atoms in total. The quantitative estimate of drug-likeness (QED) is 0.476. The molecule has 35 heavy (non-hydrogen) atoms. The summed E-state index contributed by atoms with van der Waals surface area (Å²) in [5.41, 5.74) is 0.714. The maximum absolute atomic E-state index is 14.3. The van der Waals surface area contributed by atoms with Gasteiger partial charge in [0, 0.05) is 37.2 Å². The fourth-order valence-corrected chi connectivity index (χ4v) is 4.52. The fraction of sp³-hybridized carbons (Fsp3) is 0.440. The zero-order chi connectivity index (χ0) is 26.2. The molecule has 1 N–H and O–H groups in total. The molecule has 0 heterocycles. The van der Waals surface area contributed by atoms with Gasteiger partial charge in [-0.25, -0.2) is 12.8 Å². The smallest absolute Gasteiger partial charge is 0.242 e.